The van der Waals surface area contributed by atoms with Gasteiger partial charge in [0.05, 0.1) is 4.01 Å². The molecule has 4 heteroatoms. The van der Waals surface area contributed by atoms with E-state index in [1.807, 2.05) is 45.3 Å². The van der Waals surface area contributed by atoms with Gasteiger partial charge in [0.15, 0.2) is 0 Å². The van der Waals surface area contributed by atoms with E-state index < -0.39 is 0 Å². The van der Waals surface area contributed by atoms with E-state index in [9.17, 15) is 0 Å². The Bertz CT molecular complexity index is 882. The summed E-state index contributed by atoms with van der Waals surface area (Å²) >= 11 is 7.74. The molecule has 0 radical (unpaired) electrons. The van der Waals surface area contributed by atoms with Gasteiger partial charge in [-0.15, -0.1) is 45.3 Å². The molecule has 0 amide bonds. The van der Waals surface area contributed by atoms with Crippen LogP contribution in [-0.4, -0.2) is 0 Å². The molecular formula is C18H18S4. The number of hydrogen-bond acceptors (Lipinski definition) is 4. The summed E-state index contributed by atoms with van der Waals surface area (Å²) in [6.45, 7) is 9.28. The van der Waals surface area contributed by atoms with Crippen molar-refractivity contribution in [2.45, 2.75) is 39.0 Å². The van der Waals surface area contributed by atoms with Crippen molar-refractivity contribution in [3.05, 3.63) is 44.3 Å². The zero-order valence-electron chi connectivity index (χ0n) is 13.1. The van der Waals surface area contributed by atoms with Gasteiger partial charge in [-0.2, -0.15) is 0 Å². The lowest BCUT2D eigenvalue weighted by Gasteiger charge is -2.21. The Morgan fingerprint density at radius 2 is 1.68 bits per heavy atom. The lowest BCUT2D eigenvalue weighted by Crippen LogP contribution is -2.15. The zero-order valence-corrected chi connectivity index (χ0v) is 16.4. The summed E-state index contributed by atoms with van der Waals surface area (Å²) in [6, 6.07) is 9.42. The number of hydrogen-bond donors (Lipinski definition) is 0. The summed E-state index contributed by atoms with van der Waals surface area (Å²) in [5.74, 6) is 0.630. The highest BCUT2D eigenvalue weighted by Crippen LogP contribution is 2.46. The van der Waals surface area contributed by atoms with Crippen LogP contribution in [0.1, 0.15) is 48.2 Å². The van der Waals surface area contributed by atoms with Crippen molar-refractivity contribution in [1.29, 1.82) is 0 Å². The van der Waals surface area contributed by atoms with E-state index in [2.05, 4.69) is 57.3 Å². The van der Waals surface area contributed by atoms with Crippen molar-refractivity contribution >= 4 is 64.1 Å². The lowest BCUT2D eigenvalue weighted by atomic mass is 9.89. The van der Waals surface area contributed by atoms with E-state index in [-0.39, 0.29) is 5.41 Å². The van der Waals surface area contributed by atoms with Crippen molar-refractivity contribution in [2.75, 3.05) is 0 Å². The van der Waals surface area contributed by atoms with Crippen LogP contribution in [-0.2, 0) is 5.41 Å². The molecule has 0 nitrogen and oxygen atoms in total. The molecule has 0 atom stereocenters. The van der Waals surface area contributed by atoms with Crippen LogP contribution in [0.2, 0.25) is 0 Å². The largest absolute Gasteiger partial charge is 0.143 e. The number of rotatable bonds is 3. The molecule has 4 rings (SSSR count). The van der Waals surface area contributed by atoms with E-state index in [0.29, 0.717) is 5.92 Å². The minimum absolute atomic E-state index is 0.102. The van der Waals surface area contributed by atoms with Gasteiger partial charge in [0.1, 0.15) is 0 Å². The van der Waals surface area contributed by atoms with Gasteiger partial charge in [0.2, 0.25) is 0 Å². The third-order valence-electron chi connectivity index (χ3n) is 4.17. The van der Waals surface area contributed by atoms with Gasteiger partial charge in [-0.05, 0) is 35.6 Å². The van der Waals surface area contributed by atoms with Gasteiger partial charge >= 0.3 is 0 Å². The standard InChI is InChI=1S/C18H18S4/c1-10(2)13-7-11-8-15(22-17(11)21-13)18(3,4)16-9-14-12(20-16)5-6-19-14/h5-10H,1-4H3. The third kappa shape index (κ3) is 2.28. The Kier molecular flexibility index (Phi) is 3.49. The first-order valence-electron chi connectivity index (χ1n) is 7.46. The van der Waals surface area contributed by atoms with Gasteiger partial charge in [0, 0.05) is 34.8 Å². The molecule has 0 aliphatic carbocycles. The number of fused-ring (bicyclic) bond motifs is 2. The molecule has 4 heterocycles. The van der Waals surface area contributed by atoms with Gasteiger partial charge in [-0.25, -0.2) is 0 Å². The fourth-order valence-corrected chi connectivity index (χ4v) is 7.52. The van der Waals surface area contributed by atoms with E-state index in [0.717, 1.165) is 0 Å². The Morgan fingerprint density at radius 3 is 2.36 bits per heavy atom. The first-order valence-corrected chi connectivity index (χ1v) is 10.8. The monoisotopic (exact) mass is 362 g/mol. The molecule has 0 aromatic carbocycles. The van der Waals surface area contributed by atoms with Crippen LogP contribution < -0.4 is 0 Å². The minimum Gasteiger partial charge on any atom is -0.143 e. The molecule has 0 saturated carbocycles. The number of thiophene rings is 4. The van der Waals surface area contributed by atoms with Crippen LogP contribution in [0.5, 0.6) is 0 Å². The highest BCUT2D eigenvalue weighted by molar-refractivity contribution is 7.38. The third-order valence-corrected chi connectivity index (χ3v) is 9.61. The van der Waals surface area contributed by atoms with Crippen molar-refractivity contribution in [3.63, 3.8) is 0 Å². The maximum Gasteiger partial charge on any atom is 0.0871 e. The minimum atomic E-state index is 0.102. The molecule has 22 heavy (non-hydrogen) atoms. The quantitative estimate of drug-likeness (QED) is 0.350. The fraction of sp³-hybridized carbons (Fsp3) is 0.333. The predicted molar refractivity (Wildman–Crippen MR) is 106 cm³/mol. The summed E-state index contributed by atoms with van der Waals surface area (Å²) in [4.78, 5) is 4.47. The van der Waals surface area contributed by atoms with Crippen LogP contribution >= 0.6 is 45.3 Å². The molecular weight excluding hydrogens is 344 g/mol. The summed E-state index contributed by atoms with van der Waals surface area (Å²) in [6.07, 6.45) is 0. The first-order chi connectivity index (χ1) is 10.4. The van der Waals surface area contributed by atoms with Crippen LogP contribution in [0.3, 0.4) is 0 Å². The highest BCUT2D eigenvalue weighted by atomic mass is 32.2. The van der Waals surface area contributed by atoms with Gasteiger partial charge in [0.25, 0.3) is 0 Å². The smallest absolute Gasteiger partial charge is 0.0871 e. The lowest BCUT2D eigenvalue weighted by molar-refractivity contribution is 0.672. The van der Waals surface area contributed by atoms with Crippen LogP contribution in [0.15, 0.2) is 29.6 Å². The summed E-state index contributed by atoms with van der Waals surface area (Å²) in [5.41, 5.74) is 0.102. The SMILES string of the molecule is CC(C)c1cc2cc(C(C)(C)c3cc4sccc4s3)sc2s1. The molecule has 0 saturated heterocycles. The molecule has 0 fully saturated rings. The van der Waals surface area contributed by atoms with Gasteiger partial charge in [-0.1, -0.05) is 27.7 Å². The molecule has 114 valence electrons. The van der Waals surface area contributed by atoms with Crippen molar-refractivity contribution < 1.29 is 0 Å². The summed E-state index contributed by atoms with van der Waals surface area (Å²) in [5, 5.41) is 3.62. The second-order valence-corrected chi connectivity index (χ2v) is 11.0. The molecule has 0 bridgehead atoms. The van der Waals surface area contributed by atoms with Crippen LogP contribution in [0, 0.1) is 0 Å². The van der Waals surface area contributed by atoms with Gasteiger partial charge in [-0.3, -0.25) is 0 Å². The van der Waals surface area contributed by atoms with Crippen molar-refractivity contribution in [1.82, 2.24) is 0 Å². The van der Waals surface area contributed by atoms with E-state index in [1.54, 1.807) is 0 Å². The predicted octanol–water partition coefficient (Wildman–Crippen LogP) is 7.69. The average Bonchev–Trinajstić information content (AvgIpc) is 3.16. The van der Waals surface area contributed by atoms with Crippen LogP contribution in [0.4, 0.5) is 0 Å². The molecule has 0 aliphatic rings. The average molecular weight is 363 g/mol. The van der Waals surface area contributed by atoms with E-state index >= 15 is 0 Å². The molecule has 0 spiro atoms. The normalized spacial score (nSPS) is 13.0. The molecule has 0 aliphatic heterocycles. The second-order valence-electron chi connectivity index (χ2n) is 6.54. The van der Waals surface area contributed by atoms with Crippen molar-refractivity contribution in [2.24, 2.45) is 0 Å². The molecule has 0 unspecified atom stereocenters. The Hall–Kier alpha value is -0.680. The fourth-order valence-electron chi connectivity index (χ4n) is 2.65. The second kappa shape index (κ2) is 5.17. The maximum absolute atomic E-state index is 2.41. The zero-order chi connectivity index (χ0) is 15.5. The molecule has 4 aromatic rings. The maximum atomic E-state index is 2.41. The Balaban J connectivity index is 1.78. The first kappa shape index (κ1) is 14.9. The summed E-state index contributed by atoms with van der Waals surface area (Å²) < 4.78 is 4.33. The van der Waals surface area contributed by atoms with E-state index in [1.165, 1.54) is 33.4 Å². The van der Waals surface area contributed by atoms with Gasteiger partial charge < -0.3 is 0 Å². The highest BCUT2D eigenvalue weighted by Gasteiger charge is 2.28. The Labute approximate surface area is 147 Å². The Morgan fingerprint density at radius 1 is 0.909 bits per heavy atom. The molecule has 0 N–H and O–H groups in total. The molecule has 4 aromatic heterocycles. The van der Waals surface area contributed by atoms with Crippen LogP contribution in [0.25, 0.3) is 18.8 Å². The van der Waals surface area contributed by atoms with Crippen molar-refractivity contribution in [3.8, 4) is 0 Å². The van der Waals surface area contributed by atoms with E-state index in [4.69, 9.17) is 0 Å². The topological polar surface area (TPSA) is 0 Å². The summed E-state index contributed by atoms with van der Waals surface area (Å²) in [7, 11) is 0.